The highest BCUT2D eigenvalue weighted by molar-refractivity contribution is 7.11. The van der Waals surface area contributed by atoms with Gasteiger partial charge in [0.15, 0.2) is 5.69 Å². The van der Waals surface area contributed by atoms with Gasteiger partial charge in [-0.3, -0.25) is 14.8 Å². The smallest absolute Gasteiger partial charge is 0.274 e. The van der Waals surface area contributed by atoms with E-state index in [9.17, 15) is 4.79 Å². The summed E-state index contributed by atoms with van der Waals surface area (Å²) in [6.45, 7) is 6.50. The molecular formula is C16H20N4OS. The van der Waals surface area contributed by atoms with Crippen molar-refractivity contribution in [3.05, 3.63) is 38.8 Å². The second-order valence-corrected chi connectivity index (χ2v) is 7.56. The summed E-state index contributed by atoms with van der Waals surface area (Å²) < 4.78 is 0. The van der Waals surface area contributed by atoms with Gasteiger partial charge in [-0.2, -0.15) is 5.10 Å². The highest BCUT2D eigenvalue weighted by atomic mass is 32.1. The Morgan fingerprint density at radius 2 is 2.14 bits per heavy atom. The number of aromatic nitrogens is 2. The molecule has 2 aliphatic heterocycles. The summed E-state index contributed by atoms with van der Waals surface area (Å²) in [5.41, 5.74) is 2.85. The van der Waals surface area contributed by atoms with Crippen LogP contribution in [0.2, 0.25) is 0 Å². The first-order valence-corrected chi connectivity index (χ1v) is 8.65. The van der Waals surface area contributed by atoms with Gasteiger partial charge in [0.05, 0.1) is 5.69 Å². The van der Waals surface area contributed by atoms with Crippen LogP contribution in [0.3, 0.4) is 0 Å². The molecule has 4 heterocycles. The molecule has 0 radical (unpaired) electrons. The molecule has 0 unspecified atom stereocenters. The van der Waals surface area contributed by atoms with Gasteiger partial charge in [0.2, 0.25) is 0 Å². The number of nitrogens with one attached hydrogen (secondary N) is 1. The number of hydrogen-bond donors (Lipinski definition) is 1. The maximum absolute atomic E-state index is 12.6. The topological polar surface area (TPSA) is 52.2 Å². The summed E-state index contributed by atoms with van der Waals surface area (Å²) in [6, 6.07) is 4.36. The molecule has 116 valence electrons. The van der Waals surface area contributed by atoms with Gasteiger partial charge < -0.3 is 4.90 Å². The number of aryl methyl sites for hydroxylation is 1. The van der Waals surface area contributed by atoms with Crippen LogP contribution in [0.5, 0.6) is 0 Å². The average Bonchev–Trinajstić information content (AvgIpc) is 3.22. The molecule has 22 heavy (non-hydrogen) atoms. The Hall–Kier alpha value is -1.66. The van der Waals surface area contributed by atoms with Crippen molar-refractivity contribution in [1.82, 2.24) is 20.0 Å². The normalized spacial score (nSPS) is 18.1. The number of likely N-dealkylation sites (tertiary alicyclic amines) is 1. The second-order valence-electron chi connectivity index (χ2n) is 6.19. The number of fused-ring (bicyclic) bond motifs is 1. The zero-order valence-electron chi connectivity index (χ0n) is 12.8. The molecule has 1 saturated heterocycles. The van der Waals surface area contributed by atoms with Gasteiger partial charge in [-0.1, -0.05) is 0 Å². The summed E-state index contributed by atoms with van der Waals surface area (Å²) in [6.07, 6.45) is 2.23. The molecule has 2 aromatic heterocycles. The van der Waals surface area contributed by atoms with Crippen LogP contribution in [0.15, 0.2) is 12.1 Å². The van der Waals surface area contributed by atoms with Crippen LogP contribution >= 0.6 is 11.3 Å². The number of aromatic amines is 1. The van der Waals surface area contributed by atoms with Gasteiger partial charge in [-0.25, -0.2) is 0 Å². The van der Waals surface area contributed by atoms with Crippen LogP contribution in [0.1, 0.15) is 44.3 Å². The highest BCUT2D eigenvalue weighted by Crippen LogP contribution is 2.28. The minimum absolute atomic E-state index is 0.101. The fourth-order valence-corrected chi connectivity index (χ4v) is 4.29. The van der Waals surface area contributed by atoms with Crippen LogP contribution < -0.4 is 0 Å². The van der Waals surface area contributed by atoms with E-state index in [4.69, 9.17) is 0 Å². The fourth-order valence-electron chi connectivity index (χ4n) is 3.35. The van der Waals surface area contributed by atoms with Gasteiger partial charge >= 0.3 is 0 Å². The molecule has 0 atom stereocenters. The molecule has 0 aliphatic carbocycles. The van der Waals surface area contributed by atoms with Gasteiger partial charge in [0.1, 0.15) is 0 Å². The van der Waals surface area contributed by atoms with E-state index in [0.717, 1.165) is 56.8 Å². The third-order valence-corrected chi connectivity index (χ3v) is 5.47. The molecule has 1 fully saturated rings. The van der Waals surface area contributed by atoms with E-state index in [2.05, 4.69) is 34.2 Å². The maximum atomic E-state index is 12.6. The maximum Gasteiger partial charge on any atom is 0.274 e. The monoisotopic (exact) mass is 316 g/mol. The molecule has 0 saturated carbocycles. The number of rotatable bonds is 3. The first-order chi connectivity index (χ1) is 10.7. The molecule has 0 spiro atoms. The molecule has 2 aromatic rings. The minimum atomic E-state index is 0.101. The molecule has 0 aromatic carbocycles. The summed E-state index contributed by atoms with van der Waals surface area (Å²) in [5.74, 6) is 0.101. The number of H-pyrrole nitrogens is 1. The SMILES string of the molecule is Cc1ccc(CN2Cc3[nH]nc(C(=O)N4CCCC4)c3C2)s1. The summed E-state index contributed by atoms with van der Waals surface area (Å²) in [4.78, 5) is 19.6. The van der Waals surface area contributed by atoms with Crippen molar-refractivity contribution in [1.29, 1.82) is 0 Å². The van der Waals surface area contributed by atoms with E-state index in [1.165, 1.54) is 9.75 Å². The first kappa shape index (κ1) is 14.0. The number of hydrogen-bond acceptors (Lipinski definition) is 4. The lowest BCUT2D eigenvalue weighted by molar-refractivity contribution is 0.0785. The van der Waals surface area contributed by atoms with E-state index in [1.54, 1.807) is 0 Å². The van der Waals surface area contributed by atoms with Gasteiger partial charge in [-0.15, -0.1) is 11.3 Å². The summed E-state index contributed by atoms with van der Waals surface area (Å²) in [5, 5.41) is 7.36. The van der Waals surface area contributed by atoms with Gasteiger partial charge in [0.25, 0.3) is 5.91 Å². The Morgan fingerprint density at radius 1 is 1.32 bits per heavy atom. The largest absolute Gasteiger partial charge is 0.337 e. The van der Waals surface area contributed by atoms with Crippen molar-refractivity contribution < 1.29 is 4.79 Å². The van der Waals surface area contributed by atoms with Crippen LogP contribution in [0.4, 0.5) is 0 Å². The zero-order chi connectivity index (χ0) is 15.1. The Kier molecular flexibility index (Phi) is 3.50. The molecule has 5 nitrogen and oxygen atoms in total. The van der Waals surface area contributed by atoms with Crippen molar-refractivity contribution in [3.63, 3.8) is 0 Å². The number of amides is 1. The third kappa shape index (κ3) is 2.46. The first-order valence-electron chi connectivity index (χ1n) is 7.84. The Bertz CT molecular complexity index is 699. The quantitative estimate of drug-likeness (QED) is 0.947. The zero-order valence-corrected chi connectivity index (χ0v) is 13.6. The fraction of sp³-hybridized carbons (Fsp3) is 0.500. The predicted octanol–water partition coefficient (Wildman–Crippen LogP) is 2.53. The molecule has 6 heteroatoms. The number of nitrogens with zero attached hydrogens (tertiary/aromatic N) is 3. The van der Waals surface area contributed by atoms with Crippen LogP contribution in [0.25, 0.3) is 0 Å². The molecule has 1 amide bonds. The Balaban J connectivity index is 1.48. The third-order valence-electron chi connectivity index (χ3n) is 4.49. The molecule has 4 rings (SSSR count). The molecule has 0 bridgehead atoms. The predicted molar refractivity (Wildman–Crippen MR) is 85.7 cm³/mol. The lowest BCUT2D eigenvalue weighted by Crippen LogP contribution is -2.29. The summed E-state index contributed by atoms with van der Waals surface area (Å²) >= 11 is 1.84. The van der Waals surface area contributed by atoms with Crippen molar-refractivity contribution in [3.8, 4) is 0 Å². The number of thiophene rings is 1. The number of carbonyl (C=O) groups is 1. The number of carbonyl (C=O) groups excluding carboxylic acids is 1. The molecule has 2 aliphatic rings. The van der Waals surface area contributed by atoms with Crippen LogP contribution in [0, 0.1) is 6.92 Å². The van der Waals surface area contributed by atoms with Crippen molar-refractivity contribution >= 4 is 17.2 Å². The van der Waals surface area contributed by atoms with Gasteiger partial charge in [0, 0.05) is 48.0 Å². The Labute approximate surface area is 133 Å². The van der Waals surface area contributed by atoms with Crippen LogP contribution in [-0.2, 0) is 19.6 Å². The van der Waals surface area contributed by atoms with E-state index >= 15 is 0 Å². The van der Waals surface area contributed by atoms with Crippen molar-refractivity contribution in [2.45, 2.75) is 39.4 Å². The standard InChI is InChI=1S/C16H20N4OS/c1-11-4-5-12(22-11)8-19-9-13-14(10-19)17-18-15(13)16(21)20-6-2-3-7-20/h4-5H,2-3,6-10H2,1H3,(H,17,18). The molecule has 1 N–H and O–H groups in total. The van der Waals surface area contributed by atoms with E-state index < -0.39 is 0 Å². The Morgan fingerprint density at radius 3 is 2.86 bits per heavy atom. The highest BCUT2D eigenvalue weighted by Gasteiger charge is 2.31. The summed E-state index contributed by atoms with van der Waals surface area (Å²) in [7, 11) is 0. The van der Waals surface area contributed by atoms with E-state index in [-0.39, 0.29) is 5.91 Å². The van der Waals surface area contributed by atoms with E-state index in [0.29, 0.717) is 5.69 Å². The minimum Gasteiger partial charge on any atom is -0.337 e. The average molecular weight is 316 g/mol. The van der Waals surface area contributed by atoms with Crippen LogP contribution in [-0.4, -0.2) is 39.0 Å². The van der Waals surface area contributed by atoms with E-state index in [1.807, 2.05) is 16.2 Å². The lowest BCUT2D eigenvalue weighted by atomic mass is 10.2. The lowest BCUT2D eigenvalue weighted by Gasteiger charge is -2.16. The molecular weight excluding hydrogens is 296 g/mol. The second kappa shape index (κ2) is 5.52. The van der Waals surface area contributed by atoms with Crippen molar-refractivity contribution in [2.75, 3.05) is 13.1 Å². The van der Waals surface area contributed by atoms with Crippen molar-refractivity contribution in [2.24, 2.45) is 0 Å². The van der Waals surface area contributed by atoms with Gasteiger partial charge in [-0.05, 0) is 31.9 Å².